The minimum absolute atomic E-state index is 0.0706. The monoisotopic (exact) mass is 280 g/mol. The van der Waals surface area contributed by atoms with Gasteiger partial charge in [-0.2, -0.15) is 0 Å². The largest absolute Gasteiger partial charge is 0.409 e. The third-order valence-corrected chi connectivity index (χ3v) is 4.04. The van der Waals surface area contributed by atoms with E-state index in [4.69, 9.17) is 10.9 Å². The van der Waals surface area contributed by atoms with Crippen LogP contribution >= 0.6 is 0 Å². The second-order valence-electron chi connectivity index (χ2n) is 5.42. The van der Waals surface area contributed by atoms with E-state index in [9.17, 15) is 4.39 Å². The molecule has 1 heterocycles. The maximum Gasteiger partial charge on any atom is 0.172 e. The van der Waals surface area contributed by atoms with Crippen molar-refractivity contribution in [2.24, 2.45) is 10.9 Å². The Labute approximate surface area is 118 Å². The number of hydrogen-bond donors (Lipinski definition) is 2. The standard InChI is InChI=1S/C14H21FN4O/c1-9-7-19(8-10(2)18(9)3)13-5-4-11(15)6-12(13)14(16)17-20/h4-6,9-10,20H,7-8H2,1-3H3,(H2,16,17). The van der Waals surface area contributed by atoms with Crippen LogP contribution in [0.1, 0.15) is 19.4 Å². The molecule has 0 spiro atoms. The fourth-order valence-corrected chi connectivity index (χ4v) is 2.64. The molecule has 1 aromatic carbocycles. The number of nitrogens with two attached hydrogens (primary N) is 1. The summed E-state index contributed by atoms with van der Waals surface area (Å²) < 4.78 is 13.4. The highest BCUT2D eigenvalue weighted by atomic mass is 19.1. The lowest BCUT2D eigenvalue weighted by Gasteiger charge is -2.44. The van der Waals surface area contributed by atoms with Gasteiger partial charge in [-0.1, -0.05) is 5.16 Å². The Hall–Kier alpha value is -1.82. The number of amidine groups is 1. The van der Waals surface area contributed by atoms with Crippen LogP contribution < -0.4 is 10.6 Å². The number of benzene rings is 1. The molecule has 1 aromatic rings. The summed E-state index contributed by atoms with van der Waals surface area (Å²) in [4.78, 5) is 4.46. The Balaban J connectivity index is 2.38. The molecule has 0 aliphatic carbocycles. The lowest BCUT2D eigenvalue weighted by molar-refractivity contribution is 0.170. The number of halogens is 1. The van der Waals surface area contributed by atoms with Gasteiger partial charge in [-0.3, -0.25) is 4.90 Å². The van der Waals surface area contributed by atoms with Crippen LogP contribution in [0, 0.1) is 5.82 Å². The fourth-order valence-electron chi connectivity index (χ4n) is 2.64. The molecule has 20 heavy (non-hydrogen) atoms. The average Bonchev–Trinajstić information content (AvgIpc) is 2.43. The van der Waals surface area contributed by atoms with E-state index in [1.165, 1.54) is 12.1 Å². The van der Waals surface area contributed by atoms with Crippen molar-refractivity contribution in [3.8, 4) is 0 Å². The van der Waals surface area contributed by atoms with Gasteiger partial charge in [0.25, 0.3) is 0 Å². The van der Waals surface area contributed by atoms with Crippen LogP contribution in [-0.4, -0.2) is 48.2 Å². The summed E-state index contributed by atoms with van der Waals surface area (Å²) in [5, 5.41) is 11.9. The predicted octanol–water partition coefficient (Wildman–Crippen LogP) is 1.45. The minimum atomic E-state index is -0.398. The number of rotatable bonds is 2. The van der Waals surface area contributed by atoms with Crippen molar-refractivity contribution >= 4 is 11.5 Å². The fraction of sp³-hybridized carbons (Fsp3) is 0.500. The zero-order valence-corrected chi connectivity index (χ0v) is 12.0. The maximum atomic E-state index is 13.4. The first-order valence-corrected chi connectivity index (χ1v) is 6.68. The van der Waals surface area contributed by atoms with Crippen molar-refractivity contribution in [1.82, 2.24) is 4.90 Å². The molecule has 1 aliphatic heterocycles. The molecule has 0 radical (unpaired) electrons. The number of hydrogen-bond acceptors (Lipinski definition) is 4. The van der Waals surface area contributed by atoms with Gasteiger partial charge in [0.2, 0.25) is 0 Å². The summed E-state index contributed by atoms with van der Waals surface area (Å²) in [6.07, 6.45) is 0. The van der Waals surface area contributed by atoms with Gasteiger partial charge >= 0.3 is 0 Å². The molecule has 2 atom stereocenters. The second-order valence-corrected chi connectivity index (χ2v) is 5.42. The highest BCUT2D eigenvalue weighted by molar-refractivity contribution is 6.02. The molecule has 2 rings (SSSR count). The number of anilines is 1. The van der Waals surface area contributed by atoms with E-state index in [2.05, 4.69) is 35.9 Å². The summed E-state index contributed by atoms with van der Waals surface area (Å²) in [5.74, 6) is -0.468. The van der Waals surface area contributed by atoms with Gasteiger partial charge in [0.05, 0.1) is 0 Å². The Morgan fingerprint density at radius 3 is 2.50 bits per heavy atom. The average molecular weight is 280 g/mol. The number of likely N-dealkylation sites (N-methyl/N-ethyl adjacent to an activating group) is 1. The number of oxime groups is 1. The van der Waals surface area contributed by atoms with E-state index in [-0.39, 0.29) is 5.84 Å². The van der Waals surface area contributed by atoms with Crippen LogP contribution in [0.3, 0.4) is 0 Å². The van der Waals surface area contributed by atoms with E-state index in [0.29, 0.717) is 17.6 Å². The Morgan fingerprint density at radius 1 is 1.35 bits per heavy atom. The maximum absolute atomic E-state index is 13.4. The Kier molecular flexibility index (Phi) is 4.13. The topological polar surface area (TPSA) is 65.1 Å². The van der Waals surface area contributed by atoms with Crippen LogP contribution in [0.2, 0.25) is 0 Å². The molecule has 2 unspecified atom stereocenters. The van der Waals surface area contributed by atoms with Crippen molar-refractivity contribution in [3.05, 3.63) is 29.6 Å². The molecule has 0 amide bonds. The van der Waals surface area contributed by atoms with Gasteiger partial charge in [-0.15, -0.1) is 0 Å². The Morgan fingerprint density at radius 2 is 1.95 bits per heavy atom. The molecule has 1 fully saturated rings. The molecular weight excluding hydrogens is 259 g/mol. The van der Waals surface area contributed by atoms with Gasteiger partial charge in [0.1, 0.15) is 5.82 Å². The number of nitrogens with zero attached hydrogens (tertiary/aromatic N) is 3. The lowest BCUT2D eigenvalue weighted by Crippen LogP contribution is -2.55. The summed E-state index contributed by atoms with van der Waals surface area (Å²) in [5.41, 5.74) is 6.89. The summed E-state index contributed by atoms with van der Waals surface area (Å²) in [6, 6.07) is 5.15. The molecule has 1 saturated heterocycles. The number of piperazine rings is 1. The first kappa shape index (κ1) is 14.6. The van der Waals surface area contributed by atoms with Gasteiger partial charge in [-0.25, -0.2) is 4.39 Å². The smallest absolute Gasteiger partial charge is 0.172 e. The zero-order valence-electron chi connectivity index (χ0n) is 12.0. The van der Waals surface area contributed by atoms with Crippen LogP contribution in [0.25, 0.3) is 0 Å². The first-order valence-electron chi connectivity index (χ1n) is 6.68. The third-order valence-electron chi connectivity index (χ3n) is 4.04. The molecule has 0 bridgehead atoms. The quantitative estimate of drug-likeness (QED) is 0.372. The molecule has 0 aromatic heterocycles. The highest BCUT2D eigenvalue weighted by Gasteiger charge is 2.28. The van der Waals surface area contributed by atoms with Gasteiger partial charge < -0.3 is 15.8 Å². The molecular formula is C14H21FN4O. The van der Waals surface area contributed by atoms with Gasteiger partial charge in [0.15, 0.2) is 5.84 Å². The summed E-state index contributed by atoms with van der Waals surface area (Å²) >= 11 is 0. The van der Waals surface area contributed by atoms with Crippen molar-refractivity contribution < 1.29 is 9.60 Å². The van der Waals surface area contributed by atoms with Crippen LogP contribution in [0.4, 0.5) is 10.1 Å². The third kappa shape index (κ3) is 2.70. The van der Waals surface area contributed by atoms with E-state index < -0.39 is 5.82 Å². The van der Waals surface area contributed by atoms with E-state index in [0.717, 1.165) is 18.8 Å². The van der Waals surface area contributed by atoms with E-state index in [1.807, 2.05) is 0 Å². The molecule has 110 valence electrons. The lowest BCUT2D eigenvalue weighted by atomic mass is 10.1. The van der Waals surface area contributed by atoms with Crippen molar-refractivity contribution in [3.63, 3.8) is 0 Å². The highest BCUT2D eigenvalue weighted by Crippen LogP contribution is 2.26. The van der Waals surface area contributed by atoms with Gasteiger partial charge in [-0.05, 0) is 39.1 Å². The van der Waals surface area contributed by atoms with Crippen LogP contribution in [-0.2, 0) is 0 Å². The van der Waals surface area contributed by atoms with Crippen molar-refractivity contribution in [2.75, 3.05) is 25.0 Å². The molecule has 1 aliphatic rings. The predicted molar refractivity (Wildman–Crippen MR) is 77.8 cm³/mol. The van der Waals surface area contributed by atoms with E-state index in [1.54, 1.807) is 6.07 Å². The summed E-state index contributed by atoms with van der Waals surface area (Å²) in [7, 11) is 2.10. The van der Waals surface area contributed by atoms with E-state index >= 15 is 0 Å². The SMILES string of the molecule is CC1CN(c2ccc(F)cc2/C(N)=N/O)CC(C)N1C. The first-order chi connectivity index (χ1) is 9.43. The minimum Gasteiger partial charge on any atom is -0.409 e. The molecule has 0 saturated carbocycles. The second kappa shape index (κ2) is 5.66. The normalized spacial score (nSPS) is 25.0. The van der Waals surface area contributed by atoms with Crippen molar-refractivity contribution in [2.45, 2.75) is 25.9 Å². The molecule has 3 N–H and O–H groups in total. The van der Waals surface area contributed by atoms with Crippen molar-refractivity contribution in [1.29, 1.82) is 0 Å². The van der Waals surface area contributed by atoms with Crippen LogP contribution in [0.15, 0.2) is 23.4 Å². The molecule has 5 nitrogen and oxygen atoms in total. The van der Waals surface area contributed by atoms with Gasteiger partial charge in [0, 0.05) is 36.4 Å². The zero-order chi connectivity index (χ0) is 14.9. The molecule has 6 heteroatoms. The Bertz CT molecular complexity index is 508. The van der Waals surface area contributed by atoms with Crippen LogP contribution in [0.5, 0.6) is 0 Å². The summed E-state index contributed by atoms with van der Waals surface area (Å²) in [6.45, 7) is 5.93.